The largest absolute Gasteiger partial charge is 0.374 e. The van der Waals surface area contributed by atoms with Crippen molar-refractivity contribution >= 4 is 28.9 Å². The Balaban J connectivity index is 2.82. The van der Waals surface area contributed by atoms with Crippen LogP contribution in [0.4, 0.5) is 5.69 Å². The van der Waals surface area contributed by atoms with Crippen molar-refractivity contribution in [3.8, 4) is 0 Å². The Morgan fingerprint density at radius 1 is 1.31 bits per heavy atom. The minimum absolute atomic E-state index is 0.459. The van der Waals surface area contributed by atoms with Gasteiger partial charge in [0.15, 0.2) is 0 Å². The van der Waals surface area contributed by atoms with E-state index in [9.17, 15) is 0 Å². The maximum atomic E-state index is 6.13. The van der Waals surface area contributed by atoms with Crippen LogP contribution in [-0.2, 0) is 5.88 Å². The molecule has 0 atom stereocenters. The molecule has 16 heavy (non-hydrogen) atoms. The van der Waals surface area contributed by atoms with Crippen molar-refractivity contribution in [2.24, 2.45) is 5.92 Å². The number of alkyl halides is 1. The second-order valence-corrected chi connectivity index (χ2v) is 5.15. The number of hydrogen-bond donors (Lipinski definition) is 0. The van der Waals surface area contributed by atoms with Crippen molar-refractivity contribution in [1.29, 1.82) is 0 Å². The molecule has 1 aromatic rings. The van der Waals surface area contributed by atoms with Crippen LogP contribution in [0.5, 0.6) is 0 Å². The quantitative estimate of drug-likeness (QED) is 0.701. The van der Waals surface area contributed by atoms with Crippen molar-refractivity contribution in [3.63, 3.8) is 0 Å². The lowest BCUT2D eigenvalue weighted by Crippen LogP contribution is -2.21. The van der Waals surface area contributed by atoms with Gasteiger partial charge in [-0.2, -0.15) is 0 Å². The smallest absolute Gasteiger partial charge is 0.0509 e. The summed E-state index contributed by atoms with van der Waals surface area (Å²) in [7, 11) is 2.09. The van der Waals surface area contributed by atoms with Crippen molar-refractivity contribution in [1.82, 2.24) is 0 Å². The minimum atomic E-state index is 0.459. The molecule has 0 unspecified atom stereocenters. The van der Waals surface area contributed by atoms with Crippen LogP contribution in [0.3, 0.4) is 0 Å². The van der Waals surface area contributed by atoms with Crippen molar-refractivity contribution in [2.45, 2.75) is 26.1 Å². The van der Waals surface area contributed by atoms with E-state index < -0.39 is 0 Å². The Morgan fingerprint density at radius 3 is 2.56 bits per heavy atom. The first-order chi connectivity index (χ1) is 7.56. The van der Waals surface area contributed by atoms with Gasteiger partial charge >= 0.3 is 0 Å². The molecule has 0 spiro atoms. The third kappa shape index (κ3) is 3.57. The Hall–Kier alpha value is -0.400. The minimum Gasteiger partial charge on any atom is -0.374 e. The van der Waals surface area contributed by atoms with Gasteiger partial charge in [-0.3, -0.25) is 0 Å². The van der Waals surface area contributed by atoms with Crippen molar-refractivity contribution in [3.05, 3.63) is 28.8 Å². The highest BCUT2D eigenvalue weighted by molar-refractivity contribution is 6.32. The summed E-state index contributed by atoms with van der Waals surface area (Å²) in [6.07, 6.45) is 1.17. The van der Waals surface area contributed by atoms with Gasteiger partial charge in [0.2, 0.25) is 0 Å². The van der Waals surface area contributed by atoms with Gasteiger partial charge in [0.1, 0.15) is 0 Å². The molecule has 3 heteroatoms. The monoisotopic (exact) mass is 259 g/mol. The van der Waals surface area contributed by atoms with Gasteiger partial charge in [0, 0.05) is 29.9 Å². The molecule has 0 aliphatic carbocycles. The Labute approximate surface area is 108 Å². The maximum absolute atomic E-state index is 6.13. The Bertz CT molecular complexity index is 337. The van der Waals surface area contributed by atoms with E-state index in [1.165, 1.54) is 6.42 Å². The maximum Gasteiger partial charge on any atom is 0.0509 e. The van der Waals surface area contributed by atoms with E-state index in [-0.39, 0.29) is 0 Å². The van der Waals surface area contributed by atoms with Crippen LogP contribution in [0.15, 0.2) is 18.2 Å². The average Bonchev–Trinajstić information content (AvgIpc) is 2.25. The fraction of sp³-hybridized carbons (Fsp3) is 0.538. The lowest BCUT2D eigenvalue weighted by atomic mass is 10.1. The highest BCUT2D eigenvalue weighted by atomic mass is 35.5. The number of nitrogens with zero attached hydrogens (tertiary/aromatic N) is 1. The molecular weight excluding hydrogens is 241 g/mol. The summed E-state index contributed by atoms with van der Waals surface area (Å²) >= 11 is 12.1. The molecular formula is C13H19Cl2N. The van der Waals surface area contributed by atoms with Gasteiger partial charge in [-0.1, -0.05) is 31.5 Å². The molecule has 90 valence electrons. The van der Waals surface area contributed by atoms with Crippen LogP contribution in [-0.4, -0.2) is 13.6 Å². The van der Waals surface area contributed by atoms with Gasteiger partial charge in [-0.25, -0.2) is 0 Å². The first kappa shape index (κ1) is 13.7. The number of hydrogen-bond acceptors (Lipinski definition) is 1. The highest BCUT2D eigenvalue weighted by Gasteiger charge is 2.10. The van der Waals surface area contributed by atoms with E-state index in [0.29, 0.717) is 11.8 Å². The normalized spacial score (nSPS) is 10.9. The Kier molecular flexibility index (Phi) is 5.43. The zero-order valence-electron chi connectivity index (χ0n) is 10.1. The predicted octanol–water partition coefficient (Wildman–Crippen LogP) is 4.56. The first-order valence-electron chi connectivity index (χ1n) is 5.60. The third-order valence-corrected chi connectivity index (χ3v) is 3.30. The molecule has 0 fully saturated rings. The second-order valence-electron chi connectivity index (χ2n) is 4.48. The molecule has 0 saturated heterocycles. The molecule has 1 nitrogen and oxygen atoms in total. The van der Waals surface area contributed by atoms with Crippen LogP contribution < -0.4 is 4.90 Å². The summed E-state index contributed by atoms with van der Waals surface area (Å²) in [5.41, 5.74) is 2.17. The molecule has 0 heterocycles. The molecule has 0 bridgehead atoms. The van der Waals surface area contributed by atoms with Gasteiger partial charge < -0.3 is 4.90 Å². The van der Waals surface area contributed by atoms with E-state index in [2.05, 4.69) is 31.9 Å². The van der Waals surface area contributed by atoms with Gasteiger partial charge in [0.25, 0.3) is 0 Å². The number of halogens is 2. The molecule has 0 N–H and O–H groups in total. The highest BCUT2D eigenvalue weighted by Crippen LogP contribution is 2.28. The average molecular weight is 260 g/mol. The zero-order chi connectivity index (χ0) is 12.1. The molecule has 0 radical (unpaired) electrons. The van der Waals surface area contributed by atoms with Crippen LogP contribution >= 0.6 is 23.2 Å². The van der Waals surface area contributed by atoms with Gasteiger partial charge in [-0.15, -0.1) is 11.6 Å². The molecule has 0 aromatic heterocycles. The fourth-order valence-electron chi connectivity index (χ4n) is 1.61. The zero-order valence-corrected chi connectivity index (χ0v) is 11.6. The standard InChI is InChI=1S/C13H19Cl2N/c1-10(2)7-8-16(3)13-6-4-5-12(15)11(13)9-14/h4-6,10H,7-9H2,1-3H3. The first-order valence-corrected chi connectivity index (χ1v) is 6.52. The summed E-state index contributed by atoms with van der Waals surface area (Å²) in [5.74, 6) is 1.17. The van der Waals surface area contributed by atoms with Gasteiger partial charge in [0.05, 0.1) is 5.88 Å². The third-order valence-electron chi connectivity index (χ3n) is 2.68. The second kappa shape index (κ2) is 6.36. The summed E-state index contributed by atoms with van der Waals surface area (Å²) in [6, 6.07) is 5.93. The van der Waals surface area contributed by atoms with E-state index in [1.54, 1.807) is 0 Å². The number of rotatable bonds is 5. The summed E-state index contributed by atoms with van der Waals surface area (Å²) in [4.78, 5) is 2.23. The molecule has 0 amide bonds. The van der Waals surface area contributed by atoms with Gasteiger partial charge in [-0.05, 0) is 24.5 Å². The van der Waals surface area contributed by atoms with E-state index >= 15 is 0 Å². The number of benzene rings is 1. The Morgan fingerprint density at radius 2 is 2.00 bits per heavy atom. The van der Waals surface area contributed by atoms with E-state index in [0.717, 1.165) is 22.8 Å². The number of anilines is 1. The van der Waals surface area contributed by atoms with Crippen LogP contribution in [0.25, 0.3) is 0 Å². The molecule has 1 rings (SSSR count). The van der Waals surface area contributed by atoms with Crippen LogP contribution in [0.2, 0.25) is 5.02 Å². The van der Waals surface area contributed by atoms with Crippen molar-refractivity contribution < 1.29 is 0 Å². The molecule has 1 aromatic carbocycles. The van der Waals surface area contributed by atoms with Crippen LogP contribution in [0.1, 0.15) is 25.8 Å². The predicted molar refractivity (Wildman–Crippen MR) is 73.7 cm³/mol. The fourth-order valence-corrected chi connectivity index (χ4v) is 2.20. The molecule has 0 aliphatic heterocycles. The summed E-state index contributed by atoms with van der Waals surface area (Å²) in [5, 5.41) is 0.754. The molecule has 0 saturated carbocycles. The van der Waals surface area contributed by atoms with Crippen molar-refractivity contribution in [2.75, 3.05) is 18.5 Å². The lowest BCUT2D eigenvalue weighted by molar-refractivity contribution is 0.585. The van der Waals surface area contributed by atoms with E-state index in [1.807, 2.05) is 12.1 Å². The van der Waals surface area contributed by atoms with E-state index in [4.69, 9.17) is 23.2 Å². The SMILES string of the molecule is CC(C)CCN(C)c1cccc(Cl)c1CCl. The van der Waals surface area contributed by atoms with Crippen LogP contribution in [0, 0.1) is 5.92 Å². The summed E-state index contributed by atoms with van der Waals surface area (Å²) in [6.45, 7) is 5.49. The molecule has 0 aliphatic rings. The summed E-state index contributed by atoms with van der Waals surface area (Å²) < 4.78 is 0. The topological polar surface area (TPSA) is 3.24 Å². The lowest BCUT2D eigenvalue weighted by Gasteiger charge is -2.23.